The lowest BCUT2D eigenvalue weighted by atomic mass is 10.2. The van der Waals surface area contributed by atoms with Crippen molar-refractivity contribution < 1.29 is 13.6 Å². The van der Waals surface area contributed by atoms with E-state index in [2.05, 4.69) is 9.88 Å². The standard InChI is InChI=1S/C13H12ClN3O3S/c14-11-7-6-9(13(15)16-18)8-12(11)17-21(19,20)10-4-2-1-3-5-10/h1-8,17-18H,(H2,15,16). The highest BCUT2D eigenvalue weighted by molar-refractivity contribution is 7.92. The van der Waals surface area contributed by atoms with Crippen molar-refractivity contribution in [3.63, 3.8) is 0 Å². The predicted molar refractivity (Wildman–Crippen MR) is 81.2 cm³/mol. The Balaban J connectivity index is 2.40. The van der Waals surface area contributed by atoms with Crippen molar-refractivity contribution in [1.82, 2.24) is 0 Å². The van der Waals surface area contributed by atoms with Crippen molar-refractivity contribution in [2.24, 2.45) is 10.9 Å². The number of benzene rings is 2. The zero-order valence-electron chi connectivity index (χ0n) is 10.7. The average Bonchev–Trinajstić information content (AvgIpc) is 2.49. The van der Waals surface area contributed by atoms with Crippen molar-refractivity contribution in [3.8, 4) is 0 Å². The van der Waals surface area contributed by atoms with E-state index in [0.717, 1.165) is 0 Å². The normalized spacial score (nSPS) is 12.1. The van der Waals surface area contributed by atoms with Gasteiger partial charge in [-0.25, -0.2) is 8.42 Å². The van der Waals surface area contributed by atoms with Crippen molar-refractivity contribution in [1.29, 1.82) is 0 Å². The molecule has 0 fully saturated rings. The minimum Gasteiger partial charge on any atom is -0.409 e. The van der Waals surface area contributed by atoms with E-state index in [1.807, 2.05) is 0 Å². The summed E-state index contributed by atoms with van der Waals surface area (Å²) in [4.78, 5) is 0.107. The monoisotopic (exact) mass is 325 g/mol. The average molecular weight is 326 g/mol. The first-order chi connectivity index (χ1) is 9.94. The largest absolute Gasteiger partial charge is 0.409 e. The van der Waals surface area contributed by atoms with Crippen LogP contribution in [-0.4, -0.2) is 19.5 Å². The molecule has 0 heterocycles. The van der Waals surface area contributed by atoms with Gasteiger partial charge in [-0.3, -0.25) is 4.72 Å². The molecule has 0 amide bonds. The summed E-state index contributed by atoms with van der Waals surface area (Å²) in [5.74, 6) is -0.146. The molecule has 4 N–H and O–H groups in total. The van der Waals surface area contributed by atoms with Crippen LogP contribution in [0.3, 0.4) is 0 Å². The van der Waals surface area contributed by atoms with Gasteiger partial charge >= 0.3 is 0 Å². The molecule has 2 aromatic rings. The summed E-state index contributed by atoms with van der Waals surface area (Å²) in [5, 5.41) is 11.7. The minimum atomic E-state index is -3.76. The summed E-state index contributed by atoms with van der Waals surface area (Å²) in [5.41, 5.74) is 5.95. The number of oxime groups is 1. The van der Waals surface area contributed by atoms with Crippen molar-refractivity contribution in [2.45, 2.75) is 4.90 Å². The van der Waals surface area contributed by atoms with Crippen LogP contribution in [0, 0.1) is 0 Å². The first kappa shape index (κ1) is 15.1. The van der Waals surface area contributed by atoms with Gasteiger partial charge in [-0.05, 0) is 30.3 Å². The maximum Gasteiger partial charge on any atom is 0.261 e. The molecule has 0 aliphatic carbocycles. The van der Waals surface area contributed by atoms with Crippen LogP contribution in [0.4, 0.5) is 5.69 Å². The van der Waals surface area contributed by atoms with Crippen LogP contribution in [0.25, 0.3) is 0 Å². The minimum absolute atomic E-state index is 0.107. The maximum absolute atomic E-state index is 12.2. The van der Waals surface area contributed by atoms with Gasteiger partial charge in [0, 0.05) is 5.56 Å². The van der Waals surface area contributed by atoms with Gasteiger partial charge < -0.3 is 10.9 Å². The van der Waals surface area contributed by atoms with E-state index in [0.29, 0.717) is 5.56 Å². The highest BCUT2D eigenvalue weighted by atomic mass is 35.5. The van der Waals surface area contributed by atoms with Crippen LogP contribution >= 0.6 is 11.6 Å². The van der Waals surface area contributed by atoms with E-state index < -0.39 is 10.0 Å². The summed E-state index contributed by atoms with van der Waals surface area (Å²) < 4.78 is 26.8. The lowest BCUT2D eigenvalue weighted by molar-refractivity contribution is 0.318. The summed E-state index contributed by atoms with van der Waals surface area (Å²) in [6, 6.07) is 12.2. The van der Waals surface area contributed by atoms with Crippen molar-refractivity contribution >= 4 is 33.1 Å². The second-order valence-corrected chi connectivity index (χ2v) is 6.19. The first-order valence-electron chi connectivity index (χ1n) is 5.79. The number of nitrogens with zero attached hydrogens (tertiary/aromatic N) is 1. The maximum atomic E-state index is 12.2. The molecule has 21 heavy (non-hydrogen) atoms. The lowest BCUT2D eigenvalue weighted by Crippen LogP contribution is -2.16. The molecule has 8 heteroatoms. The zero-order valence-corrected chi connectivity index (χ0v) is 12.3. The molecular weight excluding hydrogens is 314 g/mol. The fourth-order valence-electron chi connectivity index (χ4n) is 1.62. The number of halogens is 1. The number of nitrogens with two attached hydrogens (primary N) is 1. The fourth-order valence-corrected chi connectivity index (χ4v) is 2.94. The number of anilines is 1. The van der Waals surface area contributed by atoms with Gasteiger partial charge in [0.25, 0.3) is 10.0 Å². The Labute approximate surface area is 126 Å². The van der Waals surface area contributed by atoms with Gasteiger partial charge in [0.1, 0.15) is 0 Å². The van der Waals surface area contributed by atoms with Crippen molar-refractivity contribution in [3.05, 3.63) is 59.1 Å². The molecule has 0 atom stereocenters. The van der Waals surface area contributed by atoms with Crippen LogP contribution in [0.1, 0.15) is 5.56 Å². The van der Waals surface area contributed by atoms with E-state index in [-0.39, 0.29) is 21.4 Å². The molecule has 0 bridgehead atoms. The van der Waals surface area contributed by atoms with Crippen molar-refractivity contribution in [2.75, 3.05) is 4.72 Å². The molecule has 0 saturated carbocycles. The molecule has 6 nitrogen and oxygen atoms in total. The molecule has 0 spiro atoms. The van der Waals surface area contributed by atoms with Crippen LogP contribution in [0.2, 0.25) is 5.02 Å². The fraction of sp³-hybridized carbons (Fsp3) is 0. The number of rotatable bonds is 4. The second kappa shape index (κ2) is 6.02. The number of hydrogen-bond donors (Lipinski definition) is 3. The van der Waals surface area contributed by atoms with Crippen LogP contribution in [0.5, 0.6) is 0 Å². The molecule has 0 saturated heterocycles. The third-order valence-corrected chi connectivity index (χ3v) is 4.38. The molecule has 0 radical (unpaired) electrons. The number of amidine groups is 1. The van der Waals surface area contributed by atoms with Crippen LogP contribution < -0.4 is 10.5 Å². The lowest BCUT2D eigenvalue weighted by Gasteiger charge is -2.11. The van der Waals surface area contributed by atoms with Gasteiger partial charge in [0.2, 0.25) is 0 Å². The number of nitrogens with one attached hydrogen (secondary N) is 1. The molecular formula is C13H12ClN3O3S. The predicted octanol–water partition coefficient (Wildman–Crippen LogP) is 2.24. The first-order valence-corrected chi connectivity index (χ1v) is 7.65. The zero-order chi connectivity index (χ0) is 15.5. The van der Waals surface area contributed by atoms with Gasteiger partial charge in [0.05, 0.1) is 15.6 Å². The molecule has 0 aromatic heterocycles. The Morgan fingerprint density at radius 3 is 2.48 bits per heavy atom. The van der Waals surface area contributed by atoms with E-state index in [1.165, 1.54) is 30.3 Å². The Morgan fingerprint density at radius 2 is 1.86 bits per heavy atom. The summed E-state index contributed by atoms with van der Waals surface area (Å²) in [6.07, 6.45) is 0. The van der Waals surface area contributed by atoms with E-state index in [1.54, 1.807) is 18.2 Å². The second-order valence-electron chi connectivity index (χ2n) is 4.10. The van der Waals surface area contributed by atoms with Crippen LogP contribution in [0.15, 0.2) is 58.6 Å². The molecule has 2 aromatic carbocycles. The van der Waals surface area contributed by atoms with Crippen LogP contribution in [-0.2, 0) is 10.0 Å². The van der Waals surface area contributed by atoms with Gasteiger partial charge in [-0.1, -0.05) is 35.0 Å². The Bertz CT molecular complexity index is 777. The van der Waals surface area contributed by atoms with Gasteiger partial charge in [0.15, 0.2) is 5.84 Å². The molecule has 110 valence electrons. The molecule has 2 rings (SSSR count). The number of sulfonamides is 1. The highest BCUT2D eigenvalue weighted by Crippen LogP contribution is 2.25. The Hall–Kier alpha value is -2.25. The van der Waals surface area contributed by atoms with Gasteiger partial charge in [-0.2, -0.15) is 0 Å². The summed E-state index contributed by atoms with van der Waals surface area (Å²) >= 11 is 5.97. The Morgan fingerprint density at radius 1 is 1.19 bits per heavy atom. The highest BCUT2D eigenvalue weighted by Gasteiger charge is 2.16. The quantitative estimate of drug-likeness (QED) is 0.347. The smallest absolute Gasteiger partial charge is 0.261 e. The molecule has 0 unspecified atom stereocenters. The topological polar surface area (TPSA) is 105 Å². The SMILES string of the molecule is N/C(=N/O)c1ccc(Cl)c(NS(=O)(=O)c2ccccc2)c1. The van der Waals surface area contributed by atoms with E-state index >= 15 is 0 Å². The Kier molecular flexibility index (Phi) is 4.35. The van der Waals surface area contributed by atoms with E-state index in [9.17, 15) is 8.42 Å². The van der Waals surface area contributed by atoms with Gasteiger partial charge in [-0.15, -0.1) is 0 Å². The third kappa shape index (κ3) is 3.45. The molecule has 0 aliphatic heterocycles. The number of hydrogen-bond acceptors (Lipinski definition) is 4. The summed E-state index contributed by atoms with van der Waals surface area (Å²) in [6.45, 7) is 0. The summed E-state index contributed by atoms with van der Waals surface area (Å²) in [7, 11) is -3.76. The molecule has 0 aliphatic rings. The third-order valence-electron chi connectivity index (χ3n) is 2.67. The van der Waals surface area contributed by atoms with E-state index in [4.69, 9.17) is 22.5 Å².